The number of para-hydroxylation sites is 6. The van der Waals surface area contributed by atoms with Crippen LogP contribution < -0.4 is 85.0 Å². The van der Waals surface area contributed by atoms with Crippen molar-refractivity contribution in [1.82, 2.24) is 0 Å². The molecule has 0 aromatic heterocycles. The molecule has 0 N–H and O–H groups in total. The van der Waals surface area contributed by atoms with Crippen LogP contribution in [0.4, 0.5) is 34.1 Å². The summed E-state index contributed by atoms with van der Waals surface area (Å²) in [6, 6.07) is 94.8. The van der Waals surface area contributed by atoms with Crippen LogP contribution in [-0.2, 0) is 39.3 Å². The van der Waals surface area contributed by atoms with Crippen molar-refractivity contribution in [1.29, 1.82) is 0 Å². The molecule has 12 aromatic carbocycles. The molecule has 0 spiro atoms. The molecule has 0 saturated heterocycles. The molecule has 0 amide bonds. The minimum absolute atomic E-state index is 0.335. The van der Waals surface area contributed by atoms with E-state index in [1.54, 1.807) is 0 Å². The number of benzene rings is 12. The van der Waals surface area contributed by atoms with Gasteiger partial charge in [-0.25, -0.2) is 0 Å². The van der Waals surface area contributed by atoms with Gasteiger partial charge in [0.2, 0.25) is 0 Å². The zero-order chi connectivity index (χ0) is 71.9. The van der Waals surface area contributed by atoms with Gasteiger partial charge in [0, 0.05) is 107 Å². The Morgan fingerprint density at radius 3 is 0.500 bits per heavy atom. The predicted molar refractivity (Wildman–Crippen MR) is 419 cm³/mol. The van der Waals surface area contributed by atoms with Crippen LogP contribution in [-0.4, -0.2) is 40.4 Å². The Morgan fingerprint density at radius 2 is 0.343 bits per heavy atom. The molecule has 0 atom stereocenters. The third kappa shape index (κ3) is 14.0. The highest BCUT2D eigenvalue weighted by Gasteiger charge is 2.49. The zero-order valence-electron chi connectivity index (χ0n) is 58.5. The summed E-state index contributed by atoms with van der Waals surface area (Å²) in [5.74, 6) is 7.24. The molecule has 12 aromatic rings. The van der Waals surface area contributed by atoms with Crippen molar-refractivity contribution in [2.24, 2.45) is 13.5 Å². The summed E-state index contributed by atoms with van der Waals surface area (Å²) in [6.45, 7) is 5.77. The van der Waals surface area contributed by atoms with Gasteiger partial charge in [0.25, 0.3) is 0 Å². The van der Waals surface area contributed by atoms with Gasteiger partial charge in [-0.15, -0.1) is 0 Å². The second kappa shape index (κ2) is 28.6. The normalized spacial score (nSPS) is 16.7. The lowest BCUT2D eigenvalue weighted by molar-refractivity contribution is 0.289. The van der Waals surface area contributed by atoms with E-state index >= 15 is 0 Å². The lowest BCUT2D eigenvalue weighted by Gasteiger charge is -2.34. The molecule has 21 nitrogen and oxygen atoms in total. The maximum absolute atomic E-state index is 7.57. The Bertz CT molecular complexity index is 4620. The van der Waals surface area contributed by atoms with Gasteiger partial charge in [-0.3, -0.25) is 0 Å². The summed E-state index contributed by atoms with van der Waals surface area (Å²) in [4.78, 5) is 12.9. The molecule has 0 aliphatic carbocycles. The second-order valence-electron chi connectivity index (χ2n) is 26.7. The number of nitrogens with zero attached hydrogens (tertiary/aromatic N) is 9. The maximum Gasteiger partial charge on any atom is 0.460 e. The number of rotatable bonds is 18. The molecule has 7 aliphatic rings. The second-order valence-corrected chi connectivity index (χ2v) is 32.9. The topological polar surface area (TPSA) is 167 Å². The average molecular weight is 1490 g/mol. The first-order chi connectivity index (χ1) is 53.2. The predicted octanol–water partition coefficient (Wildman–Crippen LogP) is 20.5. The fourth-order valence-electron chi connectivity index (χ4n) is 13.9. The van der Waals surface area contributed by atoms with Gasteiger partial charge in [0.1, 0.15) is 69.0 Å². The SMILES string of the molecule is c1ccc2c(c1)CN(c1ccc(OP3(Oc4ccc(N5COc6ccccc6C5)cc4)=NP(Oc4ccc(N5COc6ccccc6C5)cc4)(Oc4ccc(N5COc6ccccc6C5)cc4)=NP(Oc4ccc(N5COc6ccccc6C5)cc4)(Oc4ccc(N5COc6ccccc6C5)cc4)=N3)cc1)CO2. The van der Waals surface area contributed by atoms with Gasteiger partial charge in [-0.1, -0.05) is 123 Å². The Hall–Kier alpha value is -12.3. The molecule has 0 bridgehead atoms. The van der Waals surface area contributed by atoms with E-state index < -0.39 is 23.0 Å². The minimum Gasteiger partial charge on any atom is -0.473 e. The van der Waals surface area contributed by atoms with Gasteiger partial charge in [-0.05, 0) is 182 Å². The number of hydrogen-bond acceptors (Lipinski definition) is 21. The van der Waals surface area contributed by atoms with E-state index in [-0.39, 0.29) is 0 Å². The summed E-state index contributed by atoms with van der Waals surface area (Å²) in [6.07, 6.45) is 0. The van der Waals surface area contributed by atoms with Crippen molar-refractivity contribution in [3.05, 3.63) is 325 Å². The minimum atomic E-state index is -4.48. The Balaban J connectivity index is 0.785. The van der Waals surface area contributed by atoms with Crippen molar-refractivity contribution in [2.75, 3.05) is 69.8 Å². The van der Waals surface area contributed by atoms with Crippen LogP contribution in [0.25, 0.3) is 0 Å². The van der Waals surface area contributed by atoms with E-state index in [0.29, 0.717) is 114 Å². The highest BCUT2D eigenvalue weighted by molar-refractivity contribution is 7.79. The van der Waals surface area contributed by atoms with Crippen LogP contribution in [0.5, 0.6) is 69.0 Å². The van der Waals surface area contributed by atoms with Crippen molar-refractivity contribution >= 4 is 57.1 Å². The van der Waals surface area contributed by atoms with Crippen molar-refractivity contribution in [2.45, 2.75) is 39.3 Å². The van der Waals surface area contributed by atoms with E-state index in [0.717, 1.165) is 102 Å². The molecule has 7 aliphatic heterocycles. The van der Waals surface area contributed by atoms with Crippen LogP contribution in [0, 0.1) is 0 Å². The average Bonchev–Trinajstić information content (AvgIpc) is 0.727. The number of hydrogen-bond donors (Lipinski definition) is 0. The first kappa shape index (κ1) is 66.4. The molecular weight excluding hydrogens is 1420 g/mol. The molecule has 0 fully saturated rings. The standard InChI is InChI=1S/C84H72N9O12P3/c1-7-19-79-61(13-1)49-88(55-94-79)67-25-37-73(38-26-67)100-106(101-74-39-27-68(28-40-74)89-50-62-14-2-8-20-80(62)95-56-89)85-107(102-75-41-29-69(30-42-75)90-51-63-15-3-9-21-81(63)96-57-90,103-76-43-31-70(32-44-76)91-52-64-16-4-10-22-82(64)97-58-91)87-108(86-106,104-77-45-33-71(34-46-77)92-53-65-17-5-11-23-83(65)98-59-92)105-78-47-35-72(36-48-78)93-54-66-18-6-12-24-84(66)99-60-93/h1-48H,49-60H2. The molecule has 0 saturated carbocycles. The van der Waals surface area contributed by atoms with Gasteiger partial charge in [0.05, 0.1) is 0 Å². The summed E-state index contributed by atoms with van der Waals surface area (Å²) in [5, 5.41) is 0. The van der Waals surface area contributed by atoms with Crippen LogP contribution in [0.15, 0.2) is 305 Å². The fraction of sp³-hybridized carbons (Fsp3) is 0.143. The fourth-order valence-corrected chi connectivity index (χ4v) is 23.0. The third-order valence-electron chi connectivity index (χ3n) is 19.5. The van der Waals surface area contributed by atoms with E-state index in [4.69, 9.17) is 69.1 Å². The van der Waals surface area contributed by atoms with Crippen LogP contribution in [0.1, 0.15) is 33.4 Å². The largest absolute Gasteiger partial charge is 0.473 e. The summed E-state index contributed by atoms with van der Waals surface area (Å²) in [5.41, 5.74) is 11.7. The molecule has 0 radical (unpaired) electrons. The van der Waals surface area contributed by atoms with Crippen molar-refractivity contribution in [3.63, 3.8) is 0 Å². The summed E-state index contributed by atoms with van der Waals surface area (Å²) >= 11 is 0. The Morgan fingerprint density at radius 1 is 0.194 bits per heavy atom. The lowest BCUT2D eigenvalue weighted by Crippen LogP contribution is -2.31. The zero-order valence-corrected chi connectivity index (χ0v) is 61.1. The highest BCUT2D eigenvalue weighted by atomic mass is 31.3. The highest BCUT2D eigenvalue weighted by Crippen LogP contribution is 2.79. The Kier molecular flexibility index (Phi) is 17.6. The van der Waals surface area contributed by atoms with Crippen molar-refractivity contribution in [3.8, 4) is 69.0 Å². The molecule has 0 unspecified atom stereocenters. The molecule has 24 heteroatoms. The monoisotopic (exact) mass is 1490 g/mol. The van der Waals surface area contributed by atoms with E-state index in [2.05, 4.69) is 65.8 Å². The molecule has 540 valence electrons. The smallest absolute Gasteiger partial charge is 0.460 e. The van der Waals surface area contributed by atoms with Crippen molar-refractivity contribution < 1.29 is 55.6 Å². The van der Waals surface area contributed by atoms with E-state index in [9.17, 15) is 0 Å². The lowest BCUT2D eigenvalue weighted by atomic mass is 10.1. The van der Waals surface area contributed by atoms with Crippen LogP contribution >= 0.6 is 23.0 Å². The van der Waals surface area contributed by atoms with E-state index in [1.165, 1.54) is 0 Å². The molecule has 19 rings (SSSR count). The molecule has 7 heterocycles. The van der Waals surface area contributed by atoms with E-state index in [1.807, 2.05) is 255 Å². The third-order valence-corrected chi connectivity index (χ3v) is 27.6. The quantitative estimate of drug-likeness (QED) is 0.0743. The van der Waals surface area contributed by atoms with Crippen LogP contribution in [0.3, 0.4) is 0 Å². The maximum atomic E-state index is 7.57. The first-order valence-corrected chi connectivity index (χ1v) is 40.2. The number of fused-ring (bicyclic) bond motifs is 6. The van der Waals surface area contributed by atoms with Gasteiger partial charge in [0.15, 0.2) is 40.4 Å². The molecular formula is C84H72N9O12P3. The summed E-state index contributed by atoms with van der Waals surface area (Å²) in [7, 11) is -13.4. The Labute approximate surface area is 625 Å². The number of ether oxygens (including phenoxy) is 6. The summed E-state index contributed by atoms with van der Waals surface area (Å²) < 4.78 is 100. The van der Waals surface area contributed by atoms with Gasteiger partial charge >= 0.3 is 23.0 Å². The van der Waals surface area contributed by atoms with Gasteiger partial charge in [-0.2, -0.15) is 0 Å². The number of anilines is 6. The van der Waals surface area contributed by atoms with Gasteiger partial charge < -0.3 is 85.0 Å². The van der Waals surface area contributed by atoms with Crippen LogP contribution in [0.2, 0.25) is 0 Å². The molecule has 108 heavy (non-hydrogen) atoms. The first-order valence-electron chi connectivity index (χ1n) is 35.6.